The van der Waals surface area contributed by atoms with Crippen LogP contribution in [-0.2, 0) is 13.0 Å². The minimum absolute atomic E-state index is 0.0640. The number of aromatic hydroxyl groups is 1. The molecule has 2 aliphatic heterocycles. The van der Waals surface area contributed by atoms with Crippen LogP contribution in [0.4, 0.5) is 5.00 Å². The second-order valence-corrected chi connectivity index (χ2v) is 7.61. The van der Waals surface area contributed by atoms with Crippen LogP contribution in [0.3, 0.4) is 0 Å². The summed E-state index contributed by atoms with van der Waals surface area (Å²) >= 11 is 1.65. The number of carbonyl (C=O) groups is 1. The zero-order valence-corrected chi connectivity index (χ0v) is 15.8. The molecule has 1 unspecified atom stereocenters. The molecule has 1 aromatic heterocycles. The Morgan fingerprint density at radius 1 is 1.35 bits per heavy atom. The number of benzene rings is 1. The van der Waals surface area contributed by atoms with E-state index in [2.05, 4.69) is 22.5 Å². The third-order valence-corrected chi connectivity index (χ3v) is 6.15. The molecular weight excluding hydrogens is 350 g/mol. The summed E-state index contributed by atoms with van der Waals surface area (Å²) < 4.78 is 5.46. The first-order valence-electron chi connectivity index (χ1n) is 9.01. The van der Waals surface area contributed by atoms with Gasteiger partial charge in [-0.2, -0.15) is 0 Å². The predicted octanol–water partition coefficient (Wildman–Crippen LogP) is 3.08. The fraction of sp³-hybridized carbons (Fsp3) is 0.421. The van der Waals surface area contributed by atoms with E-state index in [1.54, 1.807) is 23.5 Å². The molecule has 0 aliphatic carbocycles. The van der Waals surface area contributed by atoms with Crippen molar-refractivity contribution >= 4 is 22.2 Å². The number of nitrogens with zero attached hydrogens (tertiary/aromatic N) is 1. The molecule has 0 spiro atoms. The first-order chi connectivity index (χ1) is 12.6. The topological polar surface area (TPSA) is 73.8 Å². The van der Waals surface area contributed by atoms with Crippen LogP contribution in [0.2, 0.25) is 0 Å². The number of phenols is 1. The number of fused-ring (bicyclic) bond motifs is 3. The van der Waals surface area contributed by atoms with Gasteiger partial charge in [0, 0.05) is 23.5 Å². The molecule has 7 heteroatoms. The van der Waals surface area contributed by atoms with E-state index in [4.69, 9.17) is 4.74 Å². The molecule has 138 valence electrons. The highest BCUT2D eigenvalue weighted by atomic mass is 32.1. The summed E-state index contributed by atoms with van der Waals surface area (Å²) in [6.45, 7) is 7.40. The standard InChI is InChI=1S/C19H23N3O3S/c1-3-22-9-8-11-14(10-22)26-19-15(11)18(24)20-17(21-19)12-6-5-7-13(16(12)23)25-4-2/h5-7,17,21,23H,3-4,8-10H2,1-2H3,(H,20,24). The highest BCUT2D eigenvalue weighted by molar-refractivity contribution is 7.16. The number of thiophene rings is 1. The van der Waals surface area contributed by atoms with Crippen molar-refractivity contribution in [3.63, 3.8) is 0 Å². The molecule has 0 bridgehead atoms. The molecule has 4 rings (SSSR count). The van der Waals surface area contributed by atoms with E-state index in [0.717, 1.165) is 36.6 Å². The van der Waals surface area contributed by atoms with Crippen LogP contribution in [0.1, 0.15) is 46.4 Å². The molecular formula is C19H23N3O3S. The number of carbonyl (C=O) groups excluding carboxylic acids is 1. The minimum atomic E-state index is -0.474. The summed E-state index contributed by atoms with van der Waals surface area (Å²) in [5.74, 6) is 0.414. The molecule has 3 heterocycles. The fourth-order valence-corrected chi connectivity index (χ4v) is 4.95. The molecule has 0 fully saturated rings. The van der Waals surface area contributed by atoms with Crippen LogP contribution < -0.4 is 15.4 Å². The van der Waals surface area contributed by atoms with E-state index >= 15 is 0 Å². The molecule has 1 amide bonds. The van der Waals surface area contributed by atoms with Gasteiger partial charge in [0.1, 0.15) is 11.2 Å². The Morgan fingerprint density at radius 3 is 2.96 bits per heavy atom. The summed E-state index contributed by atoms with van der Waals surface area (Å²) in [4.78, 5) is 16.5. The van der Waals surface area contributed by atoms with Crippen LogP contribution in [0.15, 0.2) is 18.2 Å². The molecule has 2 aromatic rings. The first kappa shape index (κ1) is 17.2. The number of para-hydroxylation sites is 1. The van der Waals surface area contributed by atoms with Crippen molar-refractivity contribution < 1.29 is 14.6 Å². The summed E-state index contributed by atoms with van der Waals surface area (Å²) in [5, 5.41) is 17.8. The first-order valence-corrected chi connectivity index (χ1v) is 9.83. The second-order valence-electron chi connectivity index (χ2n) is 6.50. The Hall–Kier alpha value is -2.25. The lowest BCUT2D eigenvalue weighted by Gasteiger charge is -2.28. The number of amides is 1. The van der Waals surface area contributed by atoms with Crippen molar-refractivity contribution in [2.75, 3.05) is 25.0 Å². The van der Waals surface area contributed by atoms with Gasteiger partial charge in [0.25, 0.3) is 5.91 Å². The summed E-state index contributed by atoms with van der Waals surface area (Å²) in [6, 6.07) is 5.34. The lowest BCUT2D eigenvalue weighted by atomic mass is 10.00. The third-order valence-electron chi connectivity index (χ3n) is 5.00. The predicted molar refractivity (Wildman–Crippen MR) is 102 cm³/mol. The lowest BCUT2D eigenvalue weighted by molar-refractivity contribution is 0.0934. The highest BCUT2D eigenvalue weighted by Crippen LogP contribution is 2.42. The van der Waals surface area contributed by atoms with Crippen LogP contribution >= 0.6 is 11.3 Å². The maximum absolute atomic E-state index is 12.8. The minimum Gasteiger partial charge on any atom is -0.504 e. The number of anilines is 1. The molecule has 1 aromatic carbocycles. The number of hydrogen-bond acceptors (Lipinski definition) is 6. The Bertz CT molecular complexity index is 849. The number of likely N-dealkylation sites (N-methyl/N-ethyl adjacent to an activating group) is 1. The van der Waals surface area contributed by atoms with Crippen LogP contribution in [0.5, 0.6) is 11.5 Å². The van der Waals surface area contributed by atoms with Crippen molar-refractivity contribution in [1.82, 2.24) is 10.2 Å². The van der Waals surface area contributed by atoms with E-state index in [0.29, 0.717) is 17.9 Å². The summed E-state index contributed by atoms with van der Waals surface area (Å²) in [7, 11) is 0. The van der Waals surface area contributed by atoms with Gasteiger partial charge in [-0.15, -0.1) is 11.3 Å². The molecule has 0 radical (unpaired) electrons. The maximum atomic E-state index is 12.8. The molecule has 0 saturated heterocycles. The molecule has 2 aliphatic rings. The number of hydrogen-bond donors (Lipinski definition) is 3. The van der Waals surface area contributed by atoms with E-state index in [9.17, 15) is 9.90 Å². The second kappa shape index (κ2) is 6.81. The third kappa shape index (κ3) is 2.81. The van der Waals surface area contributed by atoms with E-state index in [1.807, 2.05) is 13.0 Å². The summed E-state index contributed by atoms with van der Waals surface area (Å²) in [6.07, 6.45) is 0.428. The monoisotopic (exact) mass is 373 g/mol. The smallest absolute Gasteiger partial charge is 0.256 e. The van der Waals surface area contributed by atoms with E-state index in [-0.39, 0.29) is 11.7 Å². The Labute approximate surface area is 156 Å². The van der Waals surface area contributed by atoms with Crippen molar-refractivity contribution in [2.45, 2.75) is 33.0 Å². The van der Waals surface area contributed by atoms with Gasteiger partial charge >= 0.3 is 0 Å². The van der Waals surface area contributed by atoms with Gasteiger partial charge < -0.3 is 20.5 Å². The van der Waals surface area contributed by atoms with Gasteiger partial charge in [-0.25, -0.2) is 0 Å². The SMILES string of the molecule is CCOc1cccc(C2NC(=O)c3c(sc4c3CCN(CC)C4)N2)c1O. The Balaban J connectivity index is 1.66. The normalized spacial score (nSPS) is 19.3. The Kier molecular flexibility index (Phi) is 4.50. The lowest BCUT2D eigenvalue weighted by Crippen LogP contribution is -2.39. The Morgan fingerprint density at radius 2 is 2.19 bits per heavy atom. The van der Waals surface area contributed by atoms with Crippen molar-refractivity contribution in [2.24, 2.45) is 0 Å². The van der Waals surface area contributed by atoms with Gasteiger partial charge in [0.15, 0.2) is 11.5 Å². The number of nitrogens with one attached hydrogen (secondary N) is 2. The van der Waals surface area contributed by atoms with Crippen molar-refractivity contribution in [3.8, 4) is 11.5 Å². The molecule has 0 saturated carbocycles. The quantitative estimate of drug-likeness (QED) is 0.768. The van der Waals surface area contributed by atoms with Crippen molar-refractivity contribution in [1.29, 1.82) is 0 Å². The van der Waals surface area contributed by atoms with Crippen LogP contribution in [0, 0.1) is 0 Å². The molecule has 1 atom stereocenters. The van der Waals surface area contributed by atoms with Crippen LogP contribution in [0.25, 0.3) is 0 Å². The number of ether oxygens (including phenoxy) is 1. The molecule has 26 heavy (non-hydrogen) atoms. The average Bonchev–Trinajstić information content (AvgIpc) is 3.01. The zero-order valence-electron chi connectivity index (χ0n) is 15.0. The average molecular weight is 373 g/mol. The van der Waals surface area contributed by atoms with Gasteiger partial charge in [-0.05, 0) is 31.5 Å². The van der Waals surface area contributed by atoms with Gasteiger partial charge in [-0.3, -0.25) is 9.69 Å². The maximum Gasteiger partial charge on any atom is 0.256 e. The molecule has 6 nitrogen and oxygen atoms in total. The highest BCUT2D eigenvalue weighted by Gasteiger charge is 2.34. The largest absolute Gasteiger partial charge is 0.504 e. The van der Waals surface area contributed by atoms with Gasteiger partial charge in [-0.1, -0.05) is 19.1 Å². The van der Waals surface area contributed by atoms with Crippen molar-refractivity contribution in [3.05, 3.63) is 39.8 Å². The number of phenolic OH excluding ortho intramolecular Hbond substituents is 1. The number of rotatable bonds is 4. The van der Waals surface area contributed by atoms with Gasteiger partial charge in [0.05, 0.1) is 12.2 Å². The van der Waals surface area contributed by atoms with E-state index in [1.165, 1.54) is 10.4 Å². The van der Waals surface area contributed by atoms with Gasteiger partial charge in [0.2, 0.25) is 0 Å². The zero-order chi connectivity index (χ0) is 18.3. The molecule has 3 N–H and O–H groups in total. The fourth-order valence-electron chi connectivity index (χ4n) is 3.64. The summed E-state index contributed by atoms with van der Waals surface area (Å²) in [5.41, 5.74) is 2.56. The van der Waals surface area contributed by atoms with E-state index < -0.39 is 6.17 Å². The van der Waals surface area contributed by atoms with Crippen LogP contribution in [-0.4, -0.2) is 35.6 Å².